The molecule has 0 aliphatic carbocycles. The van der Waals surface area contributed by atoms with Gasteiger partial charge in [-0.1, -0.05) is 42.5 Å². The van der Waals surface area contributed by atoms with Gasteiger partial charge in [0.2, 0.25) is 0 Å². The Kier molecular flexibility index (Phi) is 7.52. The first kappa shape index (κ1) is 24.1. The maximum Gasteiger partial charge on any atom is 0.146 e. The molecule has 1 N–H and O–H groups in total. The zero-order valence-corrected chi connectivity index (χ0v) is 19.1. The molecule has 1 aromatic heterocycles. The lowest BCUT2D eigenvalue weighted by Gasteiger charge is -2.29. The number of ether oxygens (including phenoxy) is 2. The Balaban J connectivity index is 1.42. The topological polar surface area (TPSA) is 69.4 Å². The van der Waals surface area contributed by atoms with Crippen molar-refractivity contribution < 1.29 is 23.4 Å². The van der Waals surface area contributed by atoms with E-state index in [4.69, 9.17) is 9.47 Å². The number of halogens is 2. The van der Waals surface area contributed by atoms with Crippen LogP contribution >= 0.6 is 0 Å². The van der Waals surface area contributed by atoms with Crippen molar-refractivity contribution in [2.75, 3.05) is 13.7 Å². The molecule has 0 bridgehead atoms. The molecule has 35 heavy (non-hydrogen) atoms. The Morgan fingerprint density at radius 3 is 2.40 bits per heavy atom. The Labute approximate surface area is 202 Å². The Bertz CT molecular complexity index is 1260. The third-order valence-corrected chi connectivity index (χ3v) is 5.50. The van der Waals surface area contributed by atoms with Gasteiger partial charge in [0.05, 0.1) is 13.7 Å². The second-order valence-corrected chi connectivity index (χ2v) is 8.06. The van der Waals surface area contributed by atoms with E-state index >= 15 is 0 Å². The third-order valence-electron chi connectivity index (χ3n) is 5.50. The third kappa shape index (κ3) is 6.30. The lowest BCUT2D eigenvalue weighted by atomic mass is 9.94. The van der Waals surface area contributed by atoms with E-state index in [1.54, 1.807) is 19.2 Å². The molecule has 3 aromatic carbocycles. The SMILES string of the molecule is COc1ccc(CC=Cc2ccc(OCC(O)(Cn3cncn3)c3ccc(F)cc3F)cc2)cc1. The van der Waals surface area contributed by atoms with Crippen molar-refractivity contribution in [2.45, 2.75) is 18.6 Å². The molecule has 1 unspecified atom stereocenters. The average molecular weight is 478 g/mol. The maximum atomic E-state index is 14.5. The fourth-order valence-electron chi connectivity index (χ4n) is 3.63. The van der Waals surface area contributed by atoms with Crippen LogP contribution in [0.4, 0.5) is 8.78 Å². The highest BCUT2D eigenvalue weighted by Gasteiger charge is 2.34. The van der Waals surface area contributed by atoms with Crippen LogP contribution in [0.15, 0.2) is 85.5 Å². The molecule has 0 aliphatic heterocycles. The summed E-state index contributed by atoms with van der Waals surface area (Å²) in [5.41, 5.74) is 0.255. The number of rotatable bonds is 10. The van der Waals surface area contributed by atoms with Gasteiger partial charge >= 0.3 is 0 Å². The van der Waals surface area contributed by atoms with Gasteiger partial charge in [0, 0.05) is 11.6 Å². The predicted molar refractivity (Wildman–Crippen MR) is 128 cm³/mol. The second kappa shape index (κ2) is 10.9. The zero-order chi connectivity index (χ0) is 24.7. The van der Waals surface area contributed by atoms with Crippen LogP contribution in [-0.2, 0) is 18.6 Å². The second-order valence-electron chi connectivity index (χ2n) is 8.06. The van der Waals surface area contributed by atoms with Crippen molar-refractivity contribution in [2.24, 2.45) is 0 Å². The first-order valence-electron chi connectivity index (χ1n) is 11.0. The van der Waals surface area contributed by atoms with Crippen LogP contribution in [0.25, 0.3) is 6.08 Å². The van der Waals surface area contributed by atoms with Crippen molar-refractivity contribution in [3.8, 4) is 11.5 Å². The van der Waals surface area contributed by atoms with Crippen LogP contribution < -0.4 is 9.47 Å². The maximum absolute atomic E-state index is 14.5. The van der Waals surface area contributed by atoms with E-state index in [0.29, 0.717) is 5.75 Å². The molecule has 0 radical (unpaired) electrons. The van der Waals surface area contributed by atoms with Gasteiger partial charge in [-0.05, 0) is 47.9 Å². The van der Waals surface area contributed by atoms with Gasteiger partial charge in [-0.25, -0.2) is 18.4 Å². The molecule has 0 saturated heterocycles. The summed E-state index contributed by atoms with van der Waals surface area (Å²) >= 11 is 0. The van der Waals surface area contributed by atoms with E-state index in [2.05, 4.69) is 16.2 Å². The van der Waals surface area contributed by atoms with E-state index in [9.17, 15) is 13.9 Å². The summed E-state index contributed by atoms with van der Waals surface area (Å²) in [6.45, 7) is -0.399. The smallest absolute Gasteiger partial charge is 0.146 e. The van der Waals surface area contributed by atoms with Crippen LogP contribution in [0, 0.1) is 11.6 Å². The van der Waals surface area contributed by atoms with Crippen molar-refractivity contribution >= 4 is 6.08 Å². The van der Waals surface area contributed by atoms with Gasteiger partial charge in [0.25, 0.3) is 0 Å². The molecule has 0 amide bonds. The highest BCUT2D eigenvalue weighted by Crippen LogP contribution is 2.28. The Morgan fingerprint density at radius 1 is 1.00 bits per heavy atom. The summed E-state index contributed by atoms with van der Waals surface area (Å²) in [5.74, 6) is -0.278. The van der Waals surface area contributed by atoms with E-state index in [1.807, 2.05) is 42.5 Å². The van der Waals surface area contributed by atoms with Crippen LogP contribution in [0.2, 0.25) is 0 Å². The molecule has 4 aromatic rings. The fraction of sp³-hybridized carbons (Fsp3) is 0.185. The zero-order valence-electron chi connectivity index (χ0n) is 19.1. The van der Waals surface area contributed by atoms with Crippen LogP contribution in [0.1, 0.15) is 16.7 Å². The number of benzene rings is 3. The van der Waals surface area contributed by atoms with E-state index in [-0.39, 0.29) is 18.7 Å². The summed E-state index contributed by atoms with van der Waals surface area (Å²) in [4.78, 5) is 3.85. The van der Waals surface area contributed by atoms with Crippen molar-refractivity contribution in [1.82, 2.24) is 14.8 Å². The molecule has 1 heterocycles. The molecular formula is C27H25F2N3O3. The van der Waals surface area contributed by atoms with E-state index < -0.39 is 17.2 Å². The number of methoxy groups -OCH3 is 1. The predicted octanol–water partition coefficient (Wildman–Crippen LogP) is 4.79. The molecular weight excluding hydrogens is 452 g/mol. The van der Waals surface area contributed by atoms with Gasteiger partial charge in [-0.2, -0.15) is 5.10 Å². The van der Waals surface area contributed by atoms with Gasteiger partial charge in [0.15, 0.2) is 0 Å². The molecule has 0 aliphatic rings. The summed E-state index contributed by atoms with van der Waals surface area (Å²) in [6, 6.07) is 18.2. The highest BCUT2D eigenvalue weighted by molar-refractivity contribution is 5.51. The number of aromatic nitrogens is 3. The average Bonchev–Trinajstić information content (AvgIpc) is 3.36. The minimum atomic E-state index is -1.80. The van der Waals surface area contributed by atoms with Gasteiger partial charge in [-0.15, -0.1) is 0 Å². The summed E-state index contributed by atoms with van der Waals surface area (Å²) in [6.07, 6.45) is 7.55. The number of aliphatic hydroxyl groups is 1. The molecule has 4 rings (SSSR count). The molecule has 0 spiro atoms. The summed E-state index contributed by atoms with van der Waals surface area (Å²) in [7, 11) is 1.64. The normalized spacial score (nSPS) is 13.0. The summed E-state index contributed by atoms with van der Waals surface area (Å²) < 4.78 is 40.3. The van der Waals surface area contributed by atoms with Gasteiger partial charge in [-0.3, -0.25) is 0 Å². The first-order chi connectivity index (χ1) is 16.9. The number of hydrogen-bond donors (Lipinski definition) is 1. The minimum Gasteiger partial charge on any atom is -0.497 e. The Morgan fingerprint density at radius 2 is 1.74 bits per heavy atom. The van der Waals surface area contributed by atoms with E-state index in [1.165, 1.54) is 29.0 Å². The lowest BCUT2D eigenvalue weighted by Crippen LogP contribution is -2.39. The molecule has 0 saturated carbocycles. The van der Waals surface area contributed by atoms with Gasteiger partial charge < -0.3 is 14.6 Å². The lowest BCUT2D eigenvalue weighted by molar-refractivity contribution is -0.0297. The largest absolute Gasteiger partial charge is 0.497 e. The van der Waals surface area contributed by atoms with Crippen molar-refractivity contribution in [1.29, 1.82) is 0 Å². The monoisotopic (exact) mass is 477 g/mol. The fourth-order valence-corrected chi connectivity index (χ4v) is 3.63. The van der Waals surface area contributed by atoms with Crippen LogP contribution in [0.5, 0.6) is 11.5 Å². The number of hydrogen-bond acceptors (Lipinski definition) is 5. The van der Waals surface area contributed by atoms with Crippen LogP contribution in [0.3, 0.4) is 0 Å². The summed E-state index contributed by atoms with van der Waals surface area (Å²) in [5, 5.41) is 15.3. The van der Waals surface area contributed by atoms with Crippen molar-refractivity contribution in [3.05, 3.63) is 114 Å². The van der Waals surface area contributed by atoms with Crippen LogP contribution in [-0.4, -0.2) is 33.6 Å². The van der Waals surface area contributed by atoms with E-state index in [0.717, 1.165) is 29.9 Å². The molecule has 180 valence electrons. The Hall–Kier alpha value is -4.04. The number of nitrogens with zero attached hydrogens (tertiary/aromatic N) is 3. The molecule has 6 nitrogen and oxygen atoms in total. The minimum absolute atomic E-state index is 0.0903. The molecule has 0 fully saturated rings. The highest BCUT2D eigenvalue weighted by atomic mass is 19.1. The standard InChI is InChI=1S/C27H25F2N3O3/c1-34-23-10-5-20(6-11-23)3-2-4-21-7-12-24(13-8-21)35-17-27(33,16-32-19-30-18-31-32)25-14-9-22(28)15-26(25)29/h2,4-15,18-19,33H,3,16-17H2,1H3. The first-order valence-corrected chi connectivity index (χ1v) is 11.0. The van der Waals surface area contributed by atoms with Crippen molar-refractivity contribution in [3.63, 3.8) is 0 Å². The molecule has 8 heteroatoms. The van der Waals surface area contributed by atoms with Gasteiger partial charge in [0.1, 0.15) is 48.0 Å². The number of allylic oxidation sites excluding steroid dienone is 1. The quantitative estimate of drug-likeness (QED) is 0.356. The molecule has 1 atom stereocenters.